The standard InChI is InChI=1S/C19H17BrN4O3/c1-26-17-8-13(15-9-18(25)23-19-21-11-22-24(15)19)4-7-16(17)27-10-12-2-5-14(20)6-3-12/h2-8,11,15H,9-10H2,1H3,(H,21,22,23,25)/t15-/m1/s1. The molecule has 0 saturated carbocycles. The van der Waals surface area contributed by atoms with Gasteiger partial charge in [0.05, 0.1) is 19.6 Å². The number of methoxy groups -OCH3 is 1. The molecule has 1 aromatic heterocycles. The fourth-order valence-corrected chi connectivity index (χ4v) is 3.28. The Morgan fingerprint density at radius 2 is 2.04 bits per heavy atom. The number of ether oxygens (including phenoxy) is 2. The third kappa shape index (κ3) is 3.66. The molecule has 0 spiro atoms. The summed E-state index contributed by atoms with van der Waals surface area (Å²) in [7, 11) is 1.60. The number of halogens is 1. The fraction of sp³-hybridized carbons (Fsp3) is 0.211. The van der Waals surface area contributed by atoms with Gasteiger partial charge in [0.15, 0.2) is 11.5 Å². The third-order valence-corrected chi connectivity index (χ3v) is 4.91. The van der Waals surface area contributed by atoms with Crippen LogP contribution >= 0.6 is 15.9 Å². The molecule has 0 unspecified atom stereocenters. The summed E-state index contributed by atoms with van der Waals surface area (Å²) in [4.78, 5) is 16.0. The summed E-state index contributed by atoms with van der Waals surface area (Å²) in [6.45, 7) is 0.433. The number of aromatic nitrogens is 3. The quantitative estimate of drug-likeness (QED) is 0.671. The zero-order valence-corrected chi connectivity index (χ0v) is 16.1. The van der Waals surface area contributed by atoms with Crippen LogP contribution in [0.5, 0.6) is 11.5 Å². The van der Waals surface area contributed by atoms with Crippen molar-refractivity contribution in [3.63, 3.8) is 0 Å². The lowest BCUT2D eigenvalue weighted by atomic mass is 10.0. The minimum absolute atomic E-state index is 0.0879. The second-order valence-corrected chi connectivity index (χ2v) is 7.04. The molecule has 2 aromatic carbocycles. The van der Waals surface area contributed by atoms with E-state index >= 15 is 0 Å². The van der Waals surface area contributed by atoms with Gasteiger partial charge in [-0.1, -0.05) is 34.1 Å². The van der Waals surface area contributed by atoms with Crippen molar-refractivity contribution in [2.24, 2.45) is 0 Å². The molecule has 27 heavy (non-hydrogen) atoms. The average molecular weight is 429 g/mol. The van der Waals surface area contributed by atoms with Gasteiger partial charge in [-0.05, 0) is 35.4 Å². The molecule has 0 fully saturated rings. The fourth-order valence-electron chi connectivity index (χ4n) is 3.02. The van der Waals surface area contributed by atoms with E-state index in [0.29, 0.717) is 30.5 Å². The van der Waals surface area contributed by atoms with Crippen molar-refractivity contribution in [3.8, 4) is 11.5 Å². The van der Waals surface area contributed by atoms with E-state index in [-0.39, 0.29) is 11.9 Å². The lowest BCUT2D eigenvalue weighted by molar-refractivity contribution is -0.117. The van der Waals surface area contributed by atoms with Crippen molar-refractivity contribution in [2.75, 3.05) is 12.4 Å². The molecule has 7 nitrogen and oxygen atoms in total. The van der Waals surface area contributed by atoms with Crippen LogP contribution < -0.4 is 14.8 Å². The number of benzene rings is 2. The van der Waals surface area contributed by atoms with Crippen molar-refractivity contribution < 1.29 is 14.3 Å². The van der Waals surface area contributed by atoms with Crippen LogP contribution in [-0.2, 0) is 11.4 Å². The molecule has 1 amide bonds. The molecule has 0 aliphatic carbocycles. The Balaban J connectivity index is 1.57. The van der Waals surface area contributed by atoms with Crippen LogP contribution in [0.25, 0.3) is 0 Å². The maximum atomic E-state index is 12.0. The number of hydrogen-bond donors (Lipinski definition) is 1. The number of rotatable bonds is 5. The number of anilines is 1. The molecule has 1 aliphatic heterocycles. The Hall–Kier alpha value is -2.87. The van der Waals surface area contributed by atoms with E-state index in [2.05, 4.69) is 31.3 Å². The second-order valence-electron chi connectivity index (χ2n) is 6.12. The van der Waals surface area contributed by atoms with Gasteiger partial charge in [-0.25, -0.2) is 4.68 Å². The normalized spacial score (nSPS) is 15.8. The van der Waals surface area contributed by atoms with Gasteiger partial charge in [0.1, 0.15) is 12.9 Å². The molecule has 0 saturated heterocycles. The van der Waals surface area contributed by atoms with E-state index in [1.807, 2.05) is 42.5 Å². The molecule has 1 atom stereocenters. The topological polar surface area (TPSA) is 78.3 Å². The monoisotopic (exact) mass is 428 g/mol. The van der Waals surface area contributed by atoms with Crippen LogP contribution in [0, 0.1) is 0 Å². The Bertz CT molecular complexity index is 971. The van der Waals surface area contributed by atoms with E-state index in [4.69, 9.17) is 9.47 Å². The van der Waals surface area contributed by atoms with Gasteiger partial charge in [0.2, 0.25) is 11.9 Å². The van der Waals surface area contributed by atoms with Gasteiger partial charge in [-0.2, -0.15) is 10.1 Å². The molecule has 8 heteroatoms. The number of fused-ring (bicyclic) bond motifs is 1. The van der Waals surface area contributed by atoms with Crippen molar-refractivity contribution in [1.82, 2.24) is 14.8 Å². The van der Waals surface area contributed by atoms with E-state index in [0.717, 1.165) is 15.6 Å². The first-order chi connectivity index (χ1) is 13.1. The number of carbonyl (C=O) groups excluding carboxylic acids is 1. The van der Waals surface area contributed by atoms with Crippen molar-refractivity contribution in [2.45, 2.75) is 19.1 Å². The summed E-state index contributed by atoms with van der Waals surface area (Å²) >= 11 is 3.42. The van der Waals surface area contributed by atoms with Crippen molar-refractivity contribution in [3.05, 3.63) is 64.4 Å². The van der Waals surface area contributed by atoms with Crippen LogP contribution in [0.2, 0.25) is 0 Å². The van der Waals surface area contributed by atoms with Crippen LogP contribution in [0.4, 0.5) is 5.95 Å². The van der Waals surface area contributed by atoms with Gasteiger partial charge in [0, 0.05) is 4.47 Å². The van der Waals surface area contributed by atoms with Crippen LogP contribution in [0.3, 0.4) is 0 Å². The summed E-state index contributed by atoms with van der Waals surface area (Å²) in [5.41, 5.74) is 1.96. The van der Waals surface area contributed by atoms with E-state index in [1.165, 1.54) is 6.33 Å². The molecular formula is C19H17BrN4O3. The highest BCUT2D eigenvalue weighted by Crippen LogP contribution is 2.35. The Morgan fingerprint density at radius 3 is 2.81 bits per heavy atom. The maximum absolute atomic E-state index is 12.0. The highest BCUT2D eigenvalue weighted by molar-refractivity contribution is 9.10. The lowest BCUT2D eigenvalue weighted by Gasteiger charge is -2.24. The van der Waals surface area contributed by atoms with Gasteiger partial charge in [-0.3, -0.25) is 10.1 Å². The molecule has 138 valence electrons. The number of nitrogens with zero attached hydrogens (tertiary/aromatic N) is 3. The van der Waals surface area contributed by atoms with Crippen LogP contribution in [0.1, 0.15) is 23.6 Å². The number of amides is 1. The zero-order valence-electron chi connectivity index (χ0n) is 14.6. The molecular weight excluding hydrogens is 412 g/mol. The maximum Gasteiger partial charge on any atom is 0.229 e. The lowest BCUT2D eigenvalue weighted by Crippen LogP contribution is -2.29. The SMILES string of the molecule is COc1cc([C@H]2CC(=O)Nc3ncnn32)ccc1OCc1ccc(Br)cc1. The predicted octanol–water partition coefficient (Wildman–Crippen LogP) is 3.56. The van der Waals surface area contributed by atoms with Gasteiger partial charge in [0.25, 0.3) is 0 Å². The molecule has 2 heterocycles. The smallest absolute Gasteiger partial charge is 0.229 e. The molecule has 4 rings (SSSR count). The van der Waals surface area contributed by atoms with Gasteiger partial charge >= 0.3 is 0 Å². The molecule has 1 aliphatic rings. The van der Waals surface area contributed by atoms with Crippen LogP contribution in [0.15, 0.2) is 53.3 Å². The first-order valence-electron chi connectivity index (χ1n) is 8.38. The first kappa shape index (κ1) is 17.5. The Labute approximate surface area is 164 Å². The second kappa shape index (κ2) is 7.40. The molecule has 0 radical (unpaired) electrons. The molecule has 3 aromatic rings. The number of carbonyl (C=O) groups is 1. The van der Waals surface area contributed by atoms with E-state index < -0.39 is 0 Å². The van der Waals surface area contributed by atoms with E-state index in [9.17, 15) is 4.79 Å². The van der Waals surface area contributed by atoms with Gasteiger partial charge < -0.3 is 9.47 Å². The van der Waals surface area contributed by atoms with Crippen LogP contribution in [-0.4, -0.2) is 27.8 Å². The molecule has 1 N–H and O–H groups in total. The average Bonchev–Trinajstić information content (AvgIpc) is 3.15. The Kier molecular flexibility index (Phi) is 4.81. The Morgan fingerprint density at radius 1 is 1.22 bits per heavy atom. The third-order valence-electron chi connectivity index (χ3n) is 4.38. The summed E-state index contributed by atoms with van der Waals surface area (Å²) in [5, 5.41) is 6.94. The van der Waals surface area contributed by atoms with Crippen molar-refractivity contribution in [1.29, 1.82) is 0 Å². The summed E-state index contributed by atoms with van der Waals surface area (Å²) in [6, 6.07) is 13.4. The minimum atomic E-state index is -0.231. The number of nitrogens with one attached hydrogen (secondary N) is 1. The predicted molar refractivity (Wildman–Crippen MR) is 103 cm³/mol. The highest BCUT2D eigenvalue weighted by atomic mass is 79.9. The van der Waals surface area contributed by atoms with Gasteiger partial charge in [-0.15, -0.1) is 0 Å². The zero-order chi connectivity index (χ0) is 18.8. The molecule has 0 bridgehead atoms. The summed E-state index contributed by atoms with van der Waals surface area (Å²) < 4.78 is 14.2. The van der Waals surface area contributed by atoms with E-state index in [1.54, 1.807) is 11.8 Å². The summed E-state index contributed by atoms with van der Waals surface area (Å²) in [6.07, 6.45) is 1.72. The minimum Gasteiger partial charge on any atom is -0.493 e. The van der Waals surface area contributed by atoms with Crippen molar-refractivity contribution >= 4 is 27.8 Å². The summed E-state index contributed by atoms with van der Waals surface area (Å²) in [5.74, 6) is 1.61. The highest BCUT2D eigenvalue weighted by Gasteiger charge is 2.28. The number of hydrogen-bond acceptors (Lipinski definition) is 5. The first-order valence-corrected chi connectivity index (χ1v) is 9.18. The largest absolute Gasteiger partial charge is 0.493 e.